The lowest BCUT2D eigenvalue weighted by atomic mass is 9.74. The fourth-order valence-electron chi connectivity index (χ4n) is 2.63. The van der Waals surface area contributed by atoms with Crippen molar-refractivity contribution in [3.63, 3.8) is 0 Å². The van der Waals surface area contributed by atoms with Crippen LogP contribution in [0.3, 0.4) is 0 Å². The quantitative estimate of drug-likeness (QED) is 0.886. The van der Waals surface area contributed by atoms with Crippen molar-refractivity contribution in [1.82, 2.24) is 9.71 Å². The van der Waals surface area contributed by atoms with Gasteiger partial charge in [-0.2, -0.15) is 0 Å². The molecule has 7 heteroatoms. The summed E-state index contributed by atoms with van der Waals surface area (Å²) in [5.74, 6) is -1.13. The molecule has 0 amide bonds. The van der Waals surface area contributed by atoms with Crippen LogP contribution in [0.15, 0.2) is 23.4 Å². The molecular formula is C14H20N2O4S. The third-order valence-electron chi connectivity index (χ3n) is 4.06. The van der Waals surface area contributed by atoms with Gasteiger partial charge in [0.2, 0.25) is 0 Å². The first-order valence-corrected chi connectivity index (χ1v) is 8.42. The van der Waals surface area contributed by atoms with Crippen LogP contribution in [0.1, 0.15) is 49.9 Å². The summed E-state index contributed by atoms with van der Waals surface area (Å²) in [5.41, 5.74) is -0.126. The standard InChI is InChI=1S/C14H20N2O4S/c1-14(2)8-4-3-5-11(14)16-21(19,20)12-7-6-10(9-15-12)13(17)18/h6-7,9,11,16H,3-5,8H2,1-2H3,(H,17,18). The number of pyridine rings is 1. The first-order valence-electron chi connectivity index (χ1n) is 6.94. The molecule has 21 heavy (non-hydrogen) atoms. The Morgan fingerprint density at radius 1 is 1.38 bits per heavy atom. The van der Waals surface area contributed by atoms with Crippen LogP contribution < -0.4 is 4.72 Å². The van der Waals surface area contributed by atoms with Gasteiger partial charge < -0.3 is 5.11 Å². The summed E-state index contributed by atoms with van der Waals surface area (Å²) in [6.45, 7) is 4.11. The number of hydrogen-bond acceptors (Lipinski definition) is 4. The minimum atomic E-state index is -3.73. The molecule has 1 saturated carbocycles. The van der Waals surface area contributed by atoms with Gasteiger partial charge in [-0.25, -0.2) is 22.9 Å². The number of aromatic nitrogens is 1. The Balaban J connectivity index is 2.20. The van der Waals surface area contributed by atoms with Gasteiger partial charge in [0.1, 0.15) is 0 Å². The van der Waals surface area contributed by atoms with Crippen molar-refractivity contribution in [3.05, 3.63) is 23.9 Å². The van der Waals surface area contributed by atoms with E-state index in [4.69, 9.17) is 5.11 Å². The summed E-state index contributed by atoms with van der Waals surface area (Å²) < 4.78 is 27.4. The molecule has 1 aliphatic rings. The molecular weight excluding hydrogens is 292 g/mol. The average molecular weight is 312 g/mol. The lowest BCUT2D eigenvalue weighted by Gasteiger charge is -2.38. The summed E-state index contributed by atoms with van der Waals surface area (Å²) in [4.78, 5) is 14.5. The van der Waals surface area contributed by atoms with E-state index in [0.29, 0.717) is 0 Å². The van der Waals surface area contributed by atoms with Crippen molar-refractivity contribution >= 4 is 16.0 Å². The maximum Gasteiger partial charge on any atom is 0.337 e. The number of carbonyl (C=O) groups is 1. The van der Waals surface area contributed by atoms with Crippen LogP contribution >= 0.6 is 0 Å². The molecule has 1 aromatic rings. The minimum Gasteiger partial charge on any atom is -0.478 e. The molecule has 1 atom stereocenters. The Labute approximate surface area is 124 Å². The Bertz CT molecular complexity index is 623. The zero-order valence-electron chi connectivity index (χ0n) is 12.2. The van der Waals surface area contributed by atoms with Crippen LogP contribution in [-0.4, -0.2) is 30.5 Å². The van der Waals surface area contributed by atoms with Crippen LogP contribution in [0.2, 0.25) is 0 Å². The number of nitrogens with one attached hydrogen (secondary N) is 1. The number of sulfonamides is 1. The predicted molar refractivity (Wildman–Crippen MR) is 77.6 cm³/mol. The minimum absolute atomic E-state index is 0.0352. The molecule has 0 spiro atoms. The summed E-state index contributed by atoms with van der Waals surface area (Å²) in [7, 11) is -3.73. The van der Waals surface area contributed by atoms with Gasteiger partial charge in [0.25, 0.3) is 10.0 Å². The van der Waals surface area contributed by atoms with Crippen molar-refractivity contribution in [3.8, 4) is 0 Å². The van der Waals surface area contributed by atoms with E-state index in [1.54, 1.807) is 0 Å². The molecule has 116 valence electrons. The summed E-state index contributed by atoms with van der Waals surface area (Å²) in [6.07, 6.45) is 4.95. The zero-order chi connectivity index (χ0) is 15.7. The SMILES string of the molecule is CC1(C)CCCCC1NS(=O)(=O)c1ccc(C(=O)O)cn1. The zero-order valence-corrected chi connectivity index (χ0v) is 13.0. The van der Waals surface area contributed by atoms with Crippen LogP contribution in [0, 0.1) is 5.41 Å². The largest absolute Gasteiger partial charge is 0.478 e. The highest BCUT2D eigenvalue weighted by Crippen LogP contribution is 2.36. The van der Waals surface area contributed by atoms with Crippen molar-refractivity contribution in [2.24, 2.45) is 5.41 Å². The van der Waals surface area contributed by atoms with Crippen LogP contribution in [0.4, 0.5) is 0 Å². The van der Waals surface area contributed by atoms with Gasteiger partial charge in [-0.3, -0.25) is 0 Å². The molecule has 0 bridgehead atoms. The molecule has 2 N–H and O–H groups in total. The predicted octanol–water partition coefficient (Wildman–Crippen LogP) is 2.03. The number of nitrogens with zero attached hydrogens (tertiary/aromatic N) is 1. The number of carboxylic acid groups (broad SMARTS) is 1. The van der Waals surface area contributed by atoms with Gasteiger partial charge >= 0.3 is 5.97 Å². The topological polar surface area (TPSA) is 96.4 Å². The lowest BCUT2D eigenvalue weighted by molar-refractivity contribution is 0.0696. The first kappa shape index (κ1) is 15.9. The Hall–Kier alpha value is -1.47. The van der Waals surface area contributed by atoms with Gasteiger partial charge in [0.05, 0.1) is 5.56 Å². The fraction of sp³-hybridized carbons (Fsp3) is 0.571. The van der Waals surface area contributed by atoms with E-state index in [1.165, 1.54) is 12.1 Å². The fourth-order valence-corrected chi connectivity index (χ4v) is 4.00. The van der Waals surface area contributed by atoms with Crippen molar-refractivity contribution in [1.29, 1.82) is 0 Å². The van der Waals surface area contributed by atoms with Crippen LogP contribution in [-0.2, 0) is 10.0 Å². The summed E-state index contributed by atoms with van der Waals surface area (Å²) in [6, 6.07) is 2.34. The lowest BCUT2D eigenvalue weighted by Crippen LogP contribution is -2.46. The van der Waals surface area contributed by atoms with Crippen molar-refractivity contribution in [2.75, 3.05) is 0 Å². The number of hydrogen-bond donors (Lipinski definition) is 2. The monoisotopic (exact) mass is 312 g/mol. The van der Waals surface area contributed by atoms with E-state index in [9.17, 15) is 13.2 Å². The molecule has 1 aromatic heterocycles. The van der Waals surface area contributed by atoms with Crippen molar-refractivity contribution < 1.29 is 18.3 Å². The average Bonchev–Trinajstić information content (AvgIpc) is 2.41. The number of rotatable bonds is 4. The molecule has 0 radical (unpaired) electrons. The van der Waals surface area contributed by atoms with Crippen LogP contribution in [0.25, 0.3) is 0 Å². The smallest absolute Gasteiger partial charge is 0.337 e. The van der Waals surface area contributed by atoms with E-state index < -0.39 is 16.0 Å². The van der Waals surface area contributed by atoms with E-state index in [0.717, 1.165) is 31.9 Å². The highest BCUT2D eigenvalue weighted by Gasteiger charge is 2.35. The van der Waals surface area contributed by atoms with Gasteiger partial charge in [-0.15, -0.1) is 0 Å². The highest BCUT2D eigenvalue weighted by molar-refractivity contribution is 7.89. The molecule has 0 aliphatic heterocycles. The van der Waals surface area contributed by atoms with Gasteiger partial charge in [-0.1, -0.05) is 26.7 Å². The van der Waals surface area contributed by atoms with Crippen molar-refractivity contribution in [2.45, 2.75) is 50.6 Å². The van der Waals surface area contributed by atoms with E-state index >= 15 is 0 Å². The summed E-state index contributed by atoms with van der Waals surface area (Å²) in [5, 5.41) is 8.66. The Morgan fingerprint density at radius 2 is 2.10 bits per heavy atom. The maximum absolute atomic E-state index is 12.3. The molecule has 0 aromatic carbocycles. The number of carboxylic acids is 1. The molecule has 1 fully saturated rings. The molecule has 1 heterocycles. The van der Waals surface area contributed by atoms with Gasteiger partial charge in [0, 0.05) is 12.2 Å². The second-order valence-electron chi connectivity index (χ2n) is 6.10. The first-order chi connectivity index (χ1) is 9.72. The summed E-state index contributed by atoms with van der Waals surface area (Å²) >= 11 is 0. The molecule has 6 nitrogen and oxygen atoms in total. The van der Waals surface area contributed by atoms with Crippen LogP contribution in [0.5, 0.6) is 0 Å². The highest BCUT2D eigenvalue weighted by atomic mass is 32.2. The van der Waals surface area contributed by atoms with E-state index in [2.05, 4.69) is 23.6 Å². The number of aromatic carboxylic acids is 1. The van der Waals surface area contributed by atoms with E-state index in [-0.39, 0.29) is 22.0 Å². The third kappa shape index (κ3) is 3.59. The molecule has 1 aliphatic carbocycles. The normalized spacial score (nSPS) is 21.9. The Kier molecular flexibility index (Phi) is 4.34. The van der Waals surface area contributed by atoms with Gasteiger partial charge in [0.15, 0.2) is 5.03 Å². The second-order valence-corrected chi connectivity index (χ2v) is 7.76. The molecule has 2 rings (SSSR count). The molecule has 1 unspecified atom stereocenters. The third-order valence-corrected chi connectivity index (χ3v) is 5.45. The van der Waals surface area contributed by atoms with Gasteiger partial charge in [-0.05, 0) is 30.4 Å². The van der Waals surface area contributed by atoms with E-state index in [1.807, 2.05) is 0 Å². The second kappa shape index (κ2) is 5.73. The Morgan fingerprint density at radius 3 is 2.62 bits per heavy atom. The maximum atomic E-state index is 12.3. The molecule has 0 saturated heterocycles.